The van der Waals surface area contributed by atoms with E-state index in [4.69, 9.17) is 0 Å². The third kappa shape index (κ3) is 3.65. The van der Waals surface area contributed by atoms with Crippen molar-refractivity contribution < 1.29 is 14.7 Å². The maximum atomic E-state index is 12.2. The summed E-state index contributed by atoms with van der Waals surface area (Å²) >= 11 is 0. The van der Waals surface area contributed by atoms with Gasteiger partial charge in [0.25, 0.3) is 11.7 Å². The molecule has 23 heavy (non-hydrogen) atoms. The molecule has 6 heteroatoms. The second kappa shape index (κ2) is 6.75. The van der Waals surface area contributed by atoms with Crippen molar-refractivity contribution in [1.82, 2.24) is 15.1 Å². The Balaban J connectivity index is 2.01. The first-order valence-corrected chi connectivity index (χ1v) is 7.38. The van der Waals surface area contributed by atoms with Crippen LogP contribution in [0.3, 0.4) is 0 Å². The summed E-state index contributed by atoms with van der Waals surface area (Å²) in [5.74, 6) is -1.38. The molecule has 1 atom stereocenters. The molecule has 122 valence electrons. The van der Waals surface area contributed by atoms with E-state index < -0.39 is 17.8 Å². The molecule has 0 radical (unpaired) electrons. The van der Waals surface area contributed by atoms with Crippen molar-refractivity contribution in [2.24, 2.45) is 7.05 Å². The van der Waals surface area contributed by atoms with Crippen molar-refractivity contribution in [3.05, 3.63) is 52.3 Å². The van der Waals surface area contributed by atoms with Crippen molar-refractivity contribution in [1.29, 1.82) is 0 Å². The number of ketones is 1. The van der Waals surface area contributed by atoms with E-state index in [-0.39, 0.29) is 6.54 Å². The van der Waals surface area contributed by atoms with Gasteiger partial charge in [0, 0.05) is 19.3 Å². The normalized spacial score (nSPS) is 12.0. The van der Waals surface area contributed by atoms with Gasteiger partial charge in [0.2, 0.25) is 0 Å². The van der Waals surface area contributed by atoms with E-state index in [1.54, 1.807) is 37.7 Å². The number of carbonyl (C=O) groups is 2. The number of hydrogen-bond acceptors (Lipinski definition) is 4. The zero-order valence-corrected chi connectivity index (χ0v) is 13.8. The fourth-order valence-electron chi connectivity index (χ4n) is 2.39. The first-order chi connectivity index (χ1) is 10.8. The van der Waals surface area contributed by atoms with Gasteiger partial charge in [-0.05, 0) is 26.3 Å². The third-order valence-corrected chi connectivity index (χ3v) is 3.86. The highest BCUT2D eigenvalue weighted by molar-refractivity contribution is 6.43. The summed E-state index contributed by atoms with van der Waals surface area (Å²) in [4.78, 5) is 24.3. The maximum absolute atomic E-state index is 12.2. The lowest BCUT2D eigenvalue weighted by atomic mass is 10.1. The molecule has 2 rings (SSSR count). The molecule has 1 heterocycles. The second-order valence-corrected chi connectivity index (χ2v) is 5.64. The Bertz CT molecular complexity index is 732. The summed E-state index contributed by atoms with van der Waals surface area (Å²) < 4.78 is 1.57. The Kier molecular flexibility index (Phi) is 4.95. The molecular weight excluding hydrogens is 294 g/mol. The number of carbonyl (C=O) groups excluding carboxylic acids is 2. The summed E-state index contributed by atoms with van der Waals surface area (Å²) in [5, 5.41) is 16.7. The minimum absolute atomic E-state index is 0.0218. The van der Waals surface area contributed by atoms with Gasteiger partial charge in [-0.1, -0.05) is 29.8 Å². The van der Waals surface area contributed by atoms with Gasteiger partial charge in [-0.2, -0.15) is 5.10 Å². The maximum Gasteiger partial charge on any atom is 0.292 e. The van der Waals surface area contributed by atoms with Crippen LogP contribution in [0.2, 0.25) is 0 Å². The number of hydrogen-bond donors (Lipinski definition) is 2. The molecule has 1 unspecified atom stereocenters. The number of aryl methyl sites for hydroxylation is 3. The number of rotatable bonds is 5. The number of nitrogens with zero attached hydrogens (tertiary/aromatic N) is 2. The van der Waals surface area contributed by atoms with Gasteiger partial charge in [-0.3, -0.25) is 14.3 Å². The Morgan fingerprint density at radius 1 is 1.22 bits per heavy atom. The monoisotopic (exact) mass is 315 g/mol. The topological polar surface area (TPSA) is 84.2 Å². The number of benzene rings is 1. The molecule has 1 amide bonds. The predicted octanol–water partition coefficient (Wildman–Crippen LogP) is 1.38. The first-order valence-electron chi connectivity index (χ1n) is 7.38. The molecule has 0 saturated carbocycles. The molecule has 2 N–H and O–H groups in total. The van der Waals surface area contributed by atoms with Gasteiger partial charge in [-0.25, -0.2) is 0 Å². The van der Waals surface area contributed by atoms with Crippen molar-refractivity contribution >= 4 is 11.7 Å². The zero-order valence-electron chi connectivity index (χ0n) is 13.8. The third-order valence-electron chi connectivity index (χ3n) is 3.86. The van der Waals surface area contributed by atoms with Crippen LogP contribution in [0.1, 0.15) is 39.0 Å². The van der Waals surface area contributed by atoms with Crippen LogP contribution in [0.25, 0.3) is 0 Å². The highest BCUT2D eigenvalue weighted by Gasteiger charge is 2.24. The molecule has 0 bridgehead atoms. The number of aliphatic hydroxyl groups is 1. The minimum atomic E-state index is -0.858. The summed E-state index contributed by atoms with van der Waals surface area (Å²) in [6.07, 6.45) is -0.858. The van der Waals surface area contributed by atoms with E-state index in [1.807, 2.05) is 19.1 Å². The first kappa shape index (κ1) is 16.9. The Morgan fingerprint density at radius 2 is 1.83 bits per heavy atom. The van der Waals surface area contributed by atoms with Crippen molar-refractivity contribution in [3.63, 3.8) is 0 Å². The lowest BCUT2D eigenvalue weighted by Crippen LogP contribution is -2.34. The van der Waals surface area contributed by atoms with Crippen LogP contribution in [0.15, 0.2) is 24.3 Å². The Morgan fingerprint density at radius 3 is 2.35 bits per heavy atom. The van der Waals surface area contributed by atoms with Crippen molar-refractivity contribution in [2.75, 3.05) is 6.54 Å². The SMILES string of the molecule is Cc1ccc(C(O)CNC(=O)C(=O)c2c(C)nn(C)c2C)cc1. The van der Waals surface area contributed by atoms with Crippen LogP contribution >= 0.6 is 0 Å². The molecule has 1 aromatic heterocycles. The molecule has 0 spiro atoms. The smallest absolute Gasteiger partial charge is 0.292 e. The lowest BCUT2D eigenvalue weighted by molar-refractivity contribution is -0.117. The van der Waals surface area contributed by atoms with Crippen LogP contribution < -0.4 is 5.32 Å². The Labute approximate surface area is 135 Å². The lowest BCUT2D eigenvalue weighted by Gasteiger charge is -2.12. The van der Waals surface area contributed by atoms with E-state index >= 15 is 0 Å². The van der Waals surface area contributed by atoms with Crippen molar-refractivity contribution in [3.8, 4) is 0 Å². The fraction of sp³-hybridized carbons (Fsp3) is 0.353. The number of aliphatic hydroxyl groups excluding tert-OH is 1. The highest BCUT2D eigenvalue weighted by atomic mass is 16.3. The van der Waals surface area contributed by atoms with E-state index in [1.165, 1.54) is 0 Å². The molecular formula is C17H21N3O3. The molecule has 0 fully saturated rings. The van der Waals surface area contributed by atoms with Crippen LogP contribution in [-0.2, 0) is 11.8 Å². The Hall–Kier alpha value is -2.47. The van der Waals surface area contributed by atoms with Crippen LogP contribution in [-0.4, -0.2) is 33.1 Å². The summed E-state index contributed by atoms with van der Waals surface area (Å²) in [7, 11) is 1.72. The van der Waals surface area contributed by atoms with Gasteiger partial charge in [0.1, 0.15) is 0 Å². The average Bonchev–Trinajstić information content (AvgIpc) is 2.77. The molecule has 0 aliphatic heterocycles. The summed E-state index contributed by atoms with van der Waals surface area (Å²) in [5.41, 5.74) is 3.25. The average molecular weight is 315 g/mol. The molecule has 1 aromatic carbocycles. The van der Waals surface area contributed by atoms with Gasteiger partial charge in [0.05, 0.1) is 17.4 Å². The molecule has 2 aromatic rings. The van der Waals surface area contributed by atoms with Crippen molar-refractivity contribution in [2.45, 2.75) is 26.9 Å². The predicted molar refractivity (Wildman–Crippen MR) is 86.2 cm³/mol. The number of nitrogens with one attached hydrogen (secondary N) is 1. The molecule has 6 nitrogen and oxygen atoms in total. The number of aromatic nitrogens is 2. The standard InChI is InChI=1S/C17H21N3O3/c1-10-5-7-13(8-6-10)14(21)9-18-17(23)16(22)15-11(2)19-20(4)12(15)3/h5-8,14,21H,9H2,1-4H3,(H,18,23). The van der Waals surface area contributed by atoms with E-state index in [0.29, 0.717) is 22.5 Å². The number of Topliss-reactive ketones (excluding diaryl/α,β-unsaturated/α-hetero) is 1. The zero-order chi connectivity index (χ0) is 17.1. The molecule has 0 aliphatic carbocycles. The quantitative estimate of drug-likeness (QED) is 0.645. The number of amides is 1. The summed E-state index contributed by atoms with van der Waals surface area (Å²) in [6.45, 7) is 5.36. The molecule has 0 aliphatic rings. The van der Waals surface area contributed by atoms with Gasteiger partial charge in [-0.15, -0.1) is 0 Å². The minimum Gasteiger partial charge on any atom is -0.387 e. The van der Waals surface area contributed by atoms with Gasteiger partial charge in [0.15, 0.2) is 0 Å². The fourth-order valence-corrected chi connectivity index (χ4v) is 2.39. The summed E-state index contributed by atoms with van der Waals surface area (Å²) in [6, 6.07) is 7.36. The van der Waals surface area contributed by atoms with Crippen LogP contribution in [0, 0.1) is 20.8 Å². The van der Waals surface area contributed by atoms with Crippen LogP contribution in [0.5, 0.6) is 0 Å². The van der Waals surface area contributed by atoms with Gasteiger partial charge >= 0.3 is 0 Å². The van der Waals surface area contributed by atoms with E-state index in [9.17, 15) is 14.7 Å². The second-order valence-electron chi connectivity index (χ2n) is 5.64. The highest BCUT2D eigenvalue weighted by Crippen LogP contribution is 2.14. The van der Waals surface area contributed by atoms with E-state index in [0.717, 1.165) is 5.56 Å². The van der Waals surface area contributed by atoms with Crippen LogP contribution in [0.4, 0.5) is 0 Å². The largest absolute Gasteiger partial charge is 0.387 e. The van der Waals surface area contributed by atoms with E-state index in [2.05, 4.69) is 10.4 Å². The van der Waals surface area contributed by atoms with Gasteiger partial charge < -0.3 is 10.4 Å². The molecule has 0 saturated heterocycles.